The maximum atomic E-state index is 5.53. The van der Waals surface area contributed by atoms with Crippen molar-refractivity contribution in [2.45, 2.75) is 26.7 Å². The Hall–Kier alpha value is -2.47. The first-order valence-electron chi connectivity index (χ1n) is 11.1. The highest BCUT2D eigenvalue weighted by molar-refractivity contribution is 5.80. The molecule has 30 heavy (non-hydrogen) atoms. The monoisotopic (exact) mass is 410 g/mol. The molecule has 1 atom stereocenters. The highest BCUT2D eigenvalue weighted by Crippen LogP contribution is 2.23. The molecule has 1 unspecified atom stereocenters. The van der Waals surface area contributed by atoms with E-state index in [2.05, 4.69) is 47.2 Å². The highest BCUT2D eigenvalue weighted by atomic mass is 16.5. The fourth-order valence-electron chi connectivity index (χ4n) is 4.18. The van der Waals surface area contributed by atoms with Gasteiger partial charge in [0.15, 0.2) is 5.96 Å². The molecule has 2 aromatic rings. The molecule has 3 heterocycles. The number of guanidine groups is 1. The van der Waals surface area contributed by atoms with E-state index in [1.54, 1.807) is 6.26 Å². The fourth-order valence-corrected chi connectivity index (χ4v) is 4.18. The predicted molar refractivity (Wildman–Crippen MR) is 121 cm³/mol. The van der Waals surface area contributed by atoms with Gasteiger partial charge in [0.25, 0.3) is 0 Å². The Kier molecular flexibility index (Phi) is 6.95. The molecule has 1 aromatic heterocycles. The molecule has 1 N–H and O–H groups in total. The molecule has 0 aliphatic carbocycles. The van der Waals surface area contributed by atoms with Crippen LogP contribution in [0.15, 0.2) is 46.0 Å². The van der Waals surface area contributed by atoms with Gasteiger partial charge in [-0.1, -0.05) is 12.1 Å². The van der Waals surface area contributed by atoms with Gasteiger partial charge in [0.05, 0.1) is 12.9 Å². The molecule has 0 spiro atoms. The number of nitrogens with zero attached hydrogens (tertiary/aromatic N) is 3. The van der Waals surface area contributed by atoms with Crippen molar-refractivity contribution in [3.8, 4) is 0 Å². The van der Waals surface area contributed by atoms with E-state index in [1.165, 1.54) is 16.8 Å². The van der Waals surface area contributed by atoms with Crippen molar-refractivity contribution in [2.75, 3.05) is 57.4 Å². The van der Waals surface area contributed by atoms with Gasteiger partial charge in [-0.3, -0.25) is 4.99 Å². The van der Waals surface area contributed by atoms with Crippen molar-refractivity contribution in [3.63, 3.8) is 0 Å². The molecule has 6 nitrogen and oxygen atoms in total. The molecule has 6 heteroatoms. The lowest BCUT2D eigenvalue weighted by atomic mass is 10.1. The third kappa shape index (κ3) is 5.36. The van der Waals surface area contributed by atoms with Gasteiger partial charge >= 0.3 is 0 Å². The predicted octanol–water partition coefficient (Wildman–Crippen LogP) is 3.24. The van der Waals surface area contributed by atoms with Crippen LogP contribution < -0.4 is 10.2 Å². The molecular formula is C24H34N4O2. The molecule has 0 radical (unpaired) electrons. The van der Waals surface area contributed by atoms with Crippen molar-refractivity contribution in [1.82, 2.24) is 10.2 Å². The highest BCUT2D eigenvalue weighted by Gasteiger charge is 2.22. The van der Waals surface area contributed by atoms with Crippen molar-refractivity contribution >= 4 is 11.6 Å². The molecule has 2 aliphatic heterocycles. The number of anilines is 1. The van der Waals surface area contributed by atoms with E-state index in [1.807, 2.05) is 12.1 Å². The Balaban J connectivity index is 1.37. The Morgan fingerprint density at radius 3 is 2.77 bits per heavy atom. The van der Waals surface area contributed by atoms with Crippen LogP contribution in [0, 0.1) is 19.8 Å². The summed E-state index contributed by atoms with van der Waals surface area (Å²) >= 11 is 0. The van der Waals surface area contributed by atoms with Crippen LogP contribution in [0.3, 0.4) is 0 Å². The number of hydrogen-bond donors (Lipinski definition) is 1. The van der Waals surface area contributed by atoms with E-state index in [9.17, 15) is 0 Å². The maximum Gasteiger partial charge on any atom is 0.194 e. The summed E-state index contributed by atoms with van der Waals surface area (Å²) < 4.78 is 11.0. The van der Waals surface area contributed by atoms with Gasteiger partial charge in [-0.15, -0.1) is 0 Å². The normalized spacial score (nSPS) is 20.1. The van der Waals surface area contributed by atoms with Gasteiger partial charge in [-0.2, -0.15) is 0 Å². The average molecular weight is 411 g/mol. The van der Waals surface area contributed by atoms with Crippen LogP contribution in [0.25, 0.3) is 0 Å². The summed E-state index contributed by atoms with van der Waals surface area (Å²) in [7, 11) is 0. The largest absolute Gasteiger partial charge is 0.469 e. The number of aryl methyl sites for hydroxylation is 2. The first-order valence-corrected chi connectivity index (χ1v) is 11.1. The van der Waals surface area contributed by atoms with Gasteiger partial charge in [0.1, 0.15) is 5.76 Å². The van der Waals surface area contributed by atoms with E-state index in [4.69, 9.17) is 14.1 Å². The summed E-state index contributed by atoms with van der Waals surface area (Å²) in [6.45, 7) is 11.7. The van der Waals surface area contributed by atoms with E-state index in [0.717, 1.165) is 77.0 Å². The van der Waals surface area contributed by atoms with Gasteiger partial charge in [-0.05, 0) is 49.6 Å². The summed E-state index contributed by atoms with van der Waals surface area (Å²) in [6.07, 6.45) is 3.71. The maximum absolute atomic E-state index is 5.53. The fraction of sp³-hybridized carbons (Fsp3) is 0.542. The van der Waals surface area contributed by atoms with Crippen molar-refractivity contribution in [1.29, 1.82) is 0 Å². The third-order valence-electron chi connectivity index (χ3n) is 6.04. The molecule has 0 amide bonds. The lowest BCUT2D eigenvalue weighted by Crippen LogP contribution is -2.53. The minimum Gasteiger partial charge on any atom is -0.469 e. The van der Waals surface area contributed by atoms with E-state index < -0.39 is 0 Å². The van der Waals surface area contributed by atoms with Crippen molar-refractivity contribution in [3.05, 3.63) is 53.5 Å². The summed E-state index contributed by atoms with van der Waals surface area (Å²) in [6, 6.07) is 10.7. The second-order valence-electron chi connectivity index (χ2n) is 8.41. The summed E-state index contributed by atoms with van der Waals surface area (Å²) in [5.41, 5.74) is 4.03. The SMILES string of the molecule is Cc1ccc(C)c(N2CCN(C(=NCC3CCOC3)NCCc3ccco3)CC2)c1. The molecule has 2 fully saturated rings. The number of ether oxygens (including phenoxy) is 1. The number of rotatable bonds is 6. The van der Waals surface area contributed by atoms with Crippen LogP contribution >= 0.6 is 0 Å². The van der Waals surface area contributed by atoms with Crippen LogP contribution in [0.2, 0.25) is 0 Å². The number of aliphatic imine (C=N–C) groups is 1. The number of piperazine rings is 1. The smallest absolute Gasteiger partial charge is 0.194 e. The third-order valence-corrected chi connectivity index (χ3v) is 6.04. The molecule has 4 rings (SSSR count). The minimum absolute atomic E-state index is 0.545. The summed E-state index contributed by atoms with van der Waals surface area (Å²) in [5.74, 6) is 2.57. The molecule has 2 aliphatic rings. The van der Waals surface area contributed by atoms with Gasteiger partial charge in [0.2, 0.25) is 0 Å². The minimum atomic E-state index is 0.545. The van der Waals surface area contributed by atoms with Crippen LogP contribution in [0.5, 0.6) is 0 Å². The zero-order valence-corrected chi connectivity index (χ0v) is 18.3. The number of furan rings is 1. The second-order valence-corrected chi connectivity index (χ2v) is 8.41. The molecule has 162 valence electrons. The molecule has 1 aromatic carbocycles. The van der Waals surface area contributed by atoms with Crippen LogP contribution in [-0.2, 0) is 11.2 Å². The molecular weight excluding hydrogens is 376 g/mol. The topological polar surface area (TPSA) is 53.2 Å². The molecule has 2 saturated heterocycles. The number of benzene rings is 1. The Bertz CT molecular complexity index is 820. The van der Waals surface area contributed by atoms with Crippen molar-refractivity contribution in [2.24, 2.45) is 10.9 Å². The number of hydrogen-bond acceptors (Lipinski definition) is 4. The molecule has 0 bridgehead atoms. The quantitative estimate of drug-likeness (QED) is 0.585. The zero-order valence-electron chi connectivity index (χ0n) is 18.3. The molecule has 0 saturated carbocycles. The van der Waals surface area contributed by atoms with Crippen LogP contribution in [0.4, 0.5) is 5.69 Å². The van der Waals surface area contributed by atoms with Gasteiger partial charge in [0, 0.05) is 63.9 Å². The second kappa shape index (κ2) is 10.0. The number of nitrogens with one attached hydrogen (secondary N) is 1. The van der Waals surface area contributed by atoms with Gasteiger partial charge < -0.3 is 24.3 Å². The summed E-state index contributed by atoms with van der Waals surface area (Å²) in [4.78, 5) is 9.89. The zero-order chi connectivity index (χ0) is 20.8. The first-order chi connectivity index (χ1) is 14.7. The average Bonchev–Trinajstić information content (AvgIpc) is 3.47. The Morgan fingerprint density at radius 2 is 2.03 bits per heavy atom. The van der Waals surface area contributed by atoms with E-state index in [0.29, 0.717) is 5.92 Å². The lowest BCUT2D eigenvalue weighted by Gasteiger charge is -2.38. The first kappa shape index (κ1) is 20.8. The van der Waals surface area contributed by atoms with Crippen LogP contribution in [0.1, 0.15) is 23.3 Å². The Morgan fingerprint density at radius 1 is 1.17 bits per heavy atom. The van der Waals surface area contributed by atoms with E-state index in [-0.39, 0.29) is 0 Å². The van der Waals surface area contributed by atoms with Crippen LogP contribution in [-0.4, -0.2) is 63.3 Å². The Labute approximate surface area is 179 Å². The lowest BCUT2D eigenvalue weighted by molar-refractivity contribution is 0.187. The van der Waals surface area contributed by atoms with Crippen molar-refractivity contribution < 1.29 is 9.15 Å². The van der Waals surface area contributed by atoms with Gasteiger partial charge in [-0.25, -0.2) is 0 Å². The summed E-state index contributed by atoms with van der Waals surface area (Å²) in [5, 5.41) is 3.58. The standard InChI is InChI=1S/C24H34N4O2/c1-19-5-6-20(2)23(16-19)27-10-12-28(13-11-27)24(26-17-21-8-15-29-18-21)25-9-7-22-4-3-14-30-22/h3-6,14,16,21H,7-13,15,17-18H2,1-2H3,(H,25,26). The van der Waals surface area contributed by atoms with E-state index >= 15 is 0 Å².